The van der Waals surface area contributed by atoms with Crippen molar-refractivity contribution in [3.63, 3.8) is 0 Å². The van der Waals surface area contributed by atoms with Crippen molar-refractivity contribution >= 4 is 31.9 Å². The zero-order valence-electron chi connectivity index (χ0n) is 11.5. The highest BCUT2D eigenvalue weighted by Crippen LogP contribution is 2.34. The van der Waals surface area contributed by atoms with E-state index in [1.807, 2.05) is 19.1 Å². The molecule has 2 N–H and O–H groups in total. The summed E-state index contributed by atoms with van der Waals surface area (Å²) in [6.07, 6.45) is 0. The molecule has 0 heterocycles. The molecule has 0 saturated heterocycles. The van der Waals surface area contributed by atoms with Gasteiger partial charge in [0.2, 0.25) is 0 Å². The molecular formula is C14H21Br2NO2. The summed E-state index contributed by atoms with van der Waals surface area (Å²) in [6, 6.07) is 4.19. The van der Waals surface area contributed by atoms with Gasteiger partial charge in [0, 0.05) is 12.6 Å². The topological polar surface area (TPSA) is 41.5 Å². The van der Waals surface area contributed by atoms with Crippen LogP contribution >= 0.6 is 31.9 Å². The first-order valence-corrected chi connectivity index (χ1v) is 8.03. The van der Waals surface area contributed by atoms with Crippen LogP contribution in [0.1, 0.15) is 26.3 Å². The van der Waals surface area contributed by atoms with E-state index < -0.39 is 0 Å². The summed E-state index contributed by atoms with van der Waals surface area (Å²) < 4.78 is 7.42. The van der Waals surface area contributed by atoms with Crippen molar-refractivity contribution in [2.45, 2.75) is 33.4 Å². The molecule has 0 spiro atoms. The van der Waals surface area contributed by atoms with Crippen molar-refractivity contribution in [2.75, 3.05) is 13.2 Å². The van der Waals surface area contributed by atoms with Crippen LogP contribution in [0.5, 0.6) is 5.75 Å². The molecule has 1 aromatic rings. The second-order valence-corrected chi connectivity index (χ2v) is 6.44. The molecule has 0 aliphatic heterocycles. The molecule has 1 rings (SSSR count). The number of hydrogen-bond acceptors (Lipinski definition) is 3. The molecule has 1 atom stereocenters. The van der Waals surface area contributed by atoms with Crippen molar-refractivity contribution in [1.29, 1.82) is 0 Å². The molecule has 0 aliphatic rings. The summed E-state index contributed by atoms with van der Waals surface area (Å²) in [7, 11) is 0. The van der Waals surface area contributed by atoms with Crippen molar-refractivity contribution in [1.82, 2.24) is 5.32 Å². The van der Waals surface area contributed by atoms with Gasteiger partial charge >= 0.3 is 0 Å². The van der Waals surface area contributed by atoms with Gasteiger partial charge in [-0.2, -0.15) is 0 Å². The Bertz CT molecular complexity index is 387. The van der Waals surface area contributed by atoms with E-state index in [9.17, 15) is 5.11 Å². The van der Waals surface area contributed by atoms with E-state index in [1.165, 1.54) is 0 Å². The van der Waals surface area contributed by atoms with Crippen LogP contribution in [0, 0.1) is 5.92 Å². The molecule has 0 aliphatic carbocycles. The number of aliphatic hydroxyl groups is 1. The summed E-state index contributed by atoms with van der Waals surface area (Å²) in [5, 5.41) is 12.7. The molecule has 0 unspecified atom stereocenters. The summed E-state index contributed by atoms with van der Waals surface area (Å²) in [6.45, 7) is 7.65. The number of benzene rings is 1. The first-order valence-electron chi connectivity index (χ1n) is 6.44. The Morgan fingerprint density at radius 1 is 1.26 bits per heavy atom. The average molecular weight is 395 g/mol. The lowest BCUT2D eigenvalue weighted by Gasteiger charge is -2.20. The van der Waals surface area contributed by atoms with Crippen LogP contribution in [0.25, 0.3) is 0 Å². The van der Waals surface area contributed by atoms with Gasteiger partial charge in [0.15, 0.2) is 0 Å². The Labute approximate surface area is 132 Å². The second kappa shape index (κ2) is 8.25. The number of halogens is 2. The Hall–Kier alpha value is -0.100. The minimum Gasteiger partial charge on any atom is -0.492 e. The van der Waals surface area contributed by atoms with E-state index >= 15 is 0 Å². The number of ether oxygens (including phenoxy) is 1. The molecule has 5 heteroatoms. The monoisotopic (exact) mass is 393 g/mol. The molecule has 0 radical (unpaired) electrons. The predicted molar refractivity (Wildman–Crippen MR) is 85.6 cm³/mol. The minimum atomic E-state index is 0.115. The third-order valence-corrected chi connectivity index (χ3v) is 4.09. The van der Waals surface area contributed by atoms with Crippen LogP contribution in [-0.2, 0) is 6.54 Å². The maximum absolute atomic E-state index is 9.30. The molecule has 19 heavy (non-hydrogen) atoms. The highest BCUT2D eigenvalue weighted by Gasteiger charge is 2.13. The van der Waals surface area contributed by atoms with E-state index in [1.54, 1.807) is 0 Å². The highest BCUT2D eigenvalue weighted by atomic mass is 79.9. The molecule has 3 nitrogen and oxygen atoms in total. The highest BCUT2D eigenvalue weighted by molar-refractivity contribution is 9.11. The van der Waals surface area contributed by atoms with E-state index in [2.05, 4.69) is 51.0 Å². The van der Waals surface area contributed by atoms with Crippen LogP contribution in [0.4, 0.5) is 0 Å². The Morgan fingerprint density at radius 3 is 2.26 bits per heavy atom. The molecule has 0 saturated carbocycles. The minimum absolute atomic E-state index is 0.115. The molecule has 0 amide bonds. The summed E-state index contributed by atoms with van der Waals surface area (Å²) in [5.41, 5.74) is 1.14. The standard InChI is InChI=1S/C14H21Br2NO2/c1-4-19-14-11(15)5-10(6-12(14)16)7-17-13(8-18)9(2)3/h5-6,9,13,17-18H,4,7-8H2,1-3H3/t13-/m1/s1. The zero-order chi connectivity index (χ0) is 14.4. The normalized spacial score (nSPS) is 12.8. The van der Waals surface area contributed by atoms with Crippen molar-refractivity contribution in [3.05, 3.63) is 26.6 Å². The lowest BCUT2D eigenvalue weighted by Crippen LogP contribution is -2.36. The fraction of sp³-hybridized carbons (Fsp3) is 0.571. The van der Waals surface area contributed by atoms with Crippen molar-refractivity contribution < 1.29 is 9.84 Å². The third kappa shape index (κ3) is 5.06. The van der Waals surface area contributed by atoms with Gasteiger partial charge in [0.1, 0.15) is 5.75 Å². The van der Waals surface area contributed by atoms with Crippen LogP contribution in [0.3, 0.4) is 0 Å². The summed E-state index contributed by atoms with van der Waals surface area (Å²) >= 11 is 7.04. The van der Waals surface area contributed by atoms with Crippen LogP contribution in [0.15, 0.2) is 21.1 Å². The van der Waals surface area contributed by atoms with Gasteiger partial charge in [-0.05, 0) is 62.4 Å². The second-order valence-electron chi connectivity index (χ2n) is 4.74. The predicted octanol–water partition coefficient (Wildman–Crippen LogP) is 3.72. The Balaban J connectivity index is 2.75. The first kappa shape index (κ1) is 17.0. The maximum Gasteiger partial charge on any atom is 0.147 e. The third-order valence-electron chi connectivity index (χ3n) is 2.92. The van der Waals surface area contributed by atoms with Crippen molar-refractivity contribution in [3.8, 4) is 5.75 Å². The van der Waals surface area contributed by atoms with Crippen LogP contribution in [-0.4, -0.2) is 24.4 Å². The SMILES string of the molecule is CCOc1c(Br)cc(CN[C@H](CO)C(C)C)cc1Br. The van der Waals surface area contributed by atoms with Gasteiger partial charge in [0.05, 0.1) is 22.2 Å². The van der Waals surface area contributed by atoms with Gasteiger partial charge in [-0.15, -0.1) is 0 Å². The molecular weight excluding hydrogens is 374 g/mol. The van der Waals surface area contributed by atoms with Crippen LogP contribution in [0.2, 0.25) is 0 Å². The Kier molecular flexibility index (Phi) is 7.36. The van der Waals surface area contributed by atoms with Gasteiger partial charge in [-0.3, -0.25) is 0 Å². The van der Waals surface area contributed by atoms with Gasteiger partial charge in [-0.25, -0.2) is 0 Å². The maximum atomic E-state index is 9.30. The van der Waals surface area contributed by atoms with E-state index in [0.29, 0.717) is 19.1 Å². The largest absolute Gasteiger partial charge is 0.492 e. The number of rotatable bonds is 7. The van der Waals surface area contributed by atoms with Gasteiger partial charge < -0.3 is 15.2 Å². The lowest BCUT2D eigenvalue weighted by molar-refractivity contribution is 0.210. The summed E-state index contributed by atoms with van der Waals surface area (Å²) in [4.78, 5) is 0. The number of hydrogen-bond donors (Lipinski definition) is 2. The Morgan fingerprint density at radius 2 is 1.84 bits per heavy atom. The molecule has 1 aromatic carbocycles. The number of nitrogens with one attached hydrogen (secondary N) is 1. The fourth-order valence-electron chi connectivity index (χ4n) is 1.76. The molecule has 0 fully saturated rings. The lowest BCUT2D eigenvalue weighted by atomic mass is 10.1. The first-order chi connectivity index (χ1) is 8.99. The van der Waals surface area contributed by atoms with Crippen molar-refractivity contribution in [2.24, 2.45) is 5.92 Å². The van der Waals surface area contributed by atoms with E-state index in [0.717, 1.165) is 20.3 Å². The quantitative estimate of drug-likeness (QED) is 0.740. The number of aliphatic hydroxyl groups excluding tert-OH is 1. The van der Waals surface area contributed by atoms with E-state index in [-0.39, 0.29) is 12.6 Å². The molecule has 108 valence electrons. The van der Waals surface area contributed by atoms with Gasteiger partial charge in [0.25, 0.3) is 0 Å². The zero-order valence-corrected chi connectivity index (χ0v) is 14.7. The average Bonchev–Trinajstić information content (AvgIpc) is 2.34. The smallest absolute Gasteiger partial charge is 0.147 e. The molecule has 0 bridgehead atoms. The fourth-order valence-corrected chi connectivity index (χ4v) is 3.27. The summed E-state index contributed by atoms with van der Waals surface area (Å²) in [5.74, 6) is 1.23. The van der Waals surface area contributed by atoms with Gasteiger partial charge in [-0.1, -0.05) is 13.8 Å². The molecule has 0 aromatic heterocycles. The van der Waals surface area contributed by atoms with Crippen LogP contribution < -0.4 is 10.1 Å². The van der Waals surface area contributed by atoms with E-state index in [4.69, 9.17) is 4.74 Å².